The van der Waals surface area contributed by atoms with Crippen LogP contribution < -0.4 is 4.74 Å². The standard InChI is InChI=1S/C25H22N4O3S/c1-30-21-11-6-5-10-20(21)24-26-27-25(29(24)14-13-18-8-3-2-4-9-18)33-17-19-16-23(32-28-19)22-12-7-15-31-22/h2-12,15-16H,13-14,17H2,1H3. The largest absolute Gasteiger partial charge is 0.496 e. The molecule has 7 nitrogen and oxygen atoms in total. The van der Waals surface area contributed by atoms with Crippen molar-refractivity contribution < 1.29 is 13.7 Å². The first kappa shape index (κ1) is 21.1. The van der Waals surface area contributed by atoms with E-state index in [2.05, 4.69) is 44.2 Å². The number of hydrogen-bond acceptors (Lipinski definition) is 7. The number of aromatic nitrogens is 4. The zero-order valence-corrected chi connectivity index (χ0v) is 18.9. The summed E-state index contributed by atoms with van der Waals surface area (Å²) < 4.78 is 18.5. The van der Waals surface area contributed by atoms with Gasteiger partial charge in [0.15, 0.2) is 16.7 Å². The predicted molar refractivity (Wildman–Crippen MR) is 126 cm³/mol. The van der Waals surface area contributed by atoms with Gasteiger partial charge in [0.2, 0.25) is 5.76 Å². The third kappa shape index (κ3) is 4.70. The summed E-state index contributed by atoms with van der Waals surface area (Å²) in [5.74, 6) is 3.41. The minimum Gasteiger partial charge on any atom is -0.496 e. The van der Waals surface area contributed by atoms with E-state index in [4.69, 9.17) is 13.7 Å². The zero-order chi connectivity index (χ0) is 22.5. The second-order valence-corrected chi connectivity index (χ2v) is 8.28. The third-order valence-electron chi connectivity index (χ3n) is 5.20. The lowest BCUT2D eigenvalue weighted by Gasteiger charge is -2.12. The fraction of sp³-hybridized carbons (Fsp3) is 0.160. The van der Waals surface area contributed by atoms with Gasteiger partial charge in [-0.1, -0.05) is 59.4 Å². The highest BCUT2D eigenvalue weighted by molar-refractivity contribution is 7.98. The summed E-state index contributed by atoms with van der Waals surface area (Å²) in [6, 6.07) is 23.8. The van der Waals surface area contributed by atoms with Crippen LogP contribution in [0.5, 0.6) is 5.75 Å². The predicted octanol–water partition coefficient (Wildman–Crippen LogP) is 5.74. The Morgan fingerprint density at radius 2 is 1.79 bits per heavy atom. The van der Waals surface area contributed by atoms with E-state index in [0.717, 1.165) is 41.0 Å². The number of nitrogens with zero attached hydrogens (tertiary/aromatic N) is 4. The van der Waals surface area contributed by atoms with Crippen molar-refractivity contribution in [1.29, 1.82) is 0 Å². The van der Waals surface area contributed by atoms with Crippen molar-refractivity contribution in [2.75, 3.05) is 7.11 Å². The molecule has 5 rings (SSSR count). The first-order valence-corrected chi connectivity index (χ1v) is 11.5. The summed E-state index contributed by atoms with van der Waals surface area (Å²) in [4.78, 5) is 0. The molecule has 2 aromatic carbocycles. The Balaban J connectivity index is 1.40. The zero-order valence-electron chi connectivity index (χ0n) is 18.0. The number of furan rings is 1. The molecule has 0 amide bonds. The summed E-state index contributed by atoms with van der Waals surface area (Å²) in [5.41, 5.74) is 2.98. The number of benzene rings is 2. The summed E-state index contributed by atoms with van der Waals surface area (Å²) in [5, 5.41) is 14.0. The van der Waals surface area contributed by atoms with Crippen LogP contribution in [0.4, 0.5) is 0 Å². The Morgan fingerprint density at radius 1 is 0.939 bits per heavy atom. The van der Waals surface area contributed by atoms with E-state index in [-0.39, 0.29) is 0 Å². The Bertz CT molecular complexity index is 1310. The minimum atomic E-state index is 0.597. The van der Waals surface area contributed by atoms with E-state index in [0.29, 0.717) is 17.3 Å². The van der Waals surface area contributed by atoms with E-state index in [1.165, 1.54) is 5.56 Å². The number of para-hydroxylation sites is 1. The molecular formula is C25H22N4O3S. The van der Waals surface area contributed by atoms with Crippen molar-refractivity contribution in [3.8, 4) is 28.7 Å². The summed E-state index contributed by atoms with van der Waals surface area (Å²) in [7, 11) is 1.67. The van der Waals surface area contributed by atoms with E-state index >= 15 is 0 Å². The molecule has 33 heavy (non-hydrogen) atoms. The van der Waals surface area contributed by atoms with Crippen LogP contribution in [0.2, 0.25) is 0 Å². The Kier molecular flexibility index (Phi) is 6.25. The van der Waals surface area contributed by atoms with Crippen LogP contribution in [-0.2, 0) is 18.7 Å². The van der Waals surface area contributed by atoms with Crippen molar-refractivity contribution in [2.24, 2.45) is 0 Å². The lowest BCUT2D eigenvalue weighted by molar-refractivity contribution is 0.413. The fourth-order valence-electron chi connectivity index (χ4n) is 3.56. The molecule has 3 heterocycles. The molecule has 0 spiro atoms. The van der Waals surface area contributed by atoms with Gasteiger partial charge in [-0.15, -0.1) is 10.2 Å². The molecule has 0 atom stereocenters. The lowest BCUT2D eigenvalue weighted by atomic mass is 10.1. The third-order valence-corrected chi connectivity index (χ3v) is 6.20. The molecule has 0 aliphatic rings. The molecule has 5 aromatic rings. The second kappa shape index (κ2) is 9.79. The van der Waals surface area contributed by atoms with Crippen LogP contribution in [0, 0.1) is 0 Å². The molecule has 0 bridgehead atoms. The van der Waals surface area contributed by atoms with Crippen molar-refractivity contribution in [3.05, 3.63) is 90.3 Å². The maximum atomic E-state index is 5.58. The molecule has 0 N–H and O–H groups in total. The Hall–Kier alpha value is -3.78. The molecule has 0 fully saturated rings. The van der Waals surface area contributed by atoms with Gasteiger partial charge in [-0.3, -0.25) is 0 Å². The topological polar surface area (TPSA) is 79.1 Å². The van der Waals surface area contributed by atoms with Gasteiger partial charge in [-0.05, 0) is 36.2 Å². The molecule has 0 saturated carbocycles. The van der Waals surface area contributed by atoms with Gasteiger partial charge in [0.05, 0.1) is 24.6 Å². The fourth-order valence-corrected chi connectivity index (χ4v) is 4.41. The molecule has 3 aromatic heterocycles. The van der Waals surface area contributed by atoms with Gasteiger partial charge < -0.3 is 18.2 Å². The average molecular weight is 459 g/mol. The van der Waals surface area contributed by atoms with Crippen LogP contribution in [0.25, 0.3) is 22.9 Å². The molecule has 0 aliphatic heterocycles. The number of methoxy groups -OCH3 is 1. The maximum absolute atomic E-state index is 5.58. The smallest absolute Gasteiger partial charge is 0.202 e. The van der Waals surface area contributed by atoms with Crippen molar-refractivity contribution in [1.82, 2.24) is 19.9 Å². The highest BCUT2D eigenvalue weighted by Gasteiger charge is 2.18. The van der Waals surface area contributed by atoms with Gasteiger partial charge in [0, 0.05) is 18.4 Å². The highest BCUT2D eigenvalue weighted by Crippen LogP contribution is 2.32. The maximum Gasteiger partial charge on any atom is 0.202 e. The van der Waals surface area contributed by atoms with Gasteiger partial charge >= 0.3 is 0 Å². The summed E-state index contributed by atoms with van der Waals surface area (Å²) in [6.07, 6.45) is 2.47. The molecule has 0 unspecified atom stereocenters. The van der Waals surface area contributed by atoms with Gasteiger partial charge in [0.25, 0.3) is 0 Å². The average Bonchev–Trinajstić information content (AvgIpc) is 3.63. The monoisotopic (exact) mass is 458 g/mol. The Labute approximate surface area is 195 Å². The number of rotatable bonds is 9. The van der Waals surface area contributed by atoms with Gasteiger partial charge in [-0.25, -0.2) is 0 Å². The molecule has 0 aliphatic carbocycles. The molecule has 0 saturated heterocycles. The first-order valence-electron chi connectivity index (χ1n) is 10.5. The van der Waals surface area contributed by atoms with E-state index in [9.17, 15) is 0 Å². The first-order chi connectivity index (χ1) is 16.3. The van der Waals surface area contributed by atoms with Crippen molar-refractivity contribution in [2.45, 2.75) is 23.9 Å². The minimum absolute atomic E-state index is 0.597. The molecule has 0 radical (unpaired) electrons. The lowest BCUT2D eigenvalue weighted by Crippen LogP contribution is -2.06. The quantitative estimate of drug-likeness (QED) is 0.261. The van der Waals surface area contributed by atoms with E-state index in [1.54, 1.807) is 25.1 Å². The number of thioether (sulfide) groups is 1. The molecule has 166 valence electrons. The molecule has 8 heteroatoms. The Morgan fingerprint density at radius 3 is 2.61 bits per heavy atom. The normalized spacial score (nSPS) is 11.1. The summed E-state index contributed by atoms with van der Waals surface area (Å²) >= 11 is 1.57. The van der Waals surface area contributed by atoms with Crippen LogP contribution in [0.1, 0.15) is 11.3 Å². The van der Waals surface area contributed by atoms with Crippen molar-refractivity contribution >= 4 is 11.8 Å². The SMILES string of the molecule is COc1ccccc1-c1nnc(SCc2cc(-c3ccco3)on2)n1CCc1ccccc1. The highest BCUT2D eigenvalue weighted by atomic mass is 32.2. The molecular weight excluding hydrogens is 436 g/mol. The van der Waals surface area contributed by atoms with Crippen molar-refractivity contribution in [3.63, 3.8) is 0 Å². The number of hydrogen-bond donors (Lipinski definition) is 0. The van der Waals surface area contributed by atoms with Crippen LogP contribution >= 0.6 is 11.8 Å². The van der Waals surface area contributed by atoms with Crippen LogP contribution in [0.3, 0.4) is 0 Å². The second-order valence-electron chi connectivity index (χ2n) is 7.34. The van der Waals surface area contributed by atoms with E-state index in [1.807, 2.05) is 48.5 Å². The van der Waals surface area contributed by atoms with Crippen LogP contribution in [-0.4, -0.2) is 27.0 Å². The summed E-state index contributed by atoms with van der Waals surface area (Å²) in [6.45, 7) is 0.739. The van der Waals surface area contributed by atoms with Crippen LogP contribution in [0.15, 0.2) is 93.2 Å². The number of ether oxygens (including phenoxy) is 1. The number of aryl methyl sites for hydroxylation is 1. The van der Waals surface area contributed by atoms with Gasteiger partial charge in [0.1, 0.15) is 5.75 Å². The van der Waals surface area contributed by atoms with E-state index < -0.39 is 0 Å². The van der Waals surface area contributed by atoms with Gasteiger partial charge in [-0.2, -0.15) is 0 Å².